The van der Waals surface area contributed by atoms with Crippen LogP contribution in [-0.2, 0) is 0 Å². The number of nitrogens with one attached hydrogen (secondary N) is 1. The zero-order chi connectivity index (χ0) is 9.84. The highest BCUT2D eigenvalue weighted by Gasteiger charge is 2.13. The van der Waals surface area contributed by atoms with Crippen LogP contribution in [0, 0.1) is 6.92 Å². The molecule has 1 atom stereocenters. The molecule has 0 saturated heterocycles. The van der Waals surface area contributed by atoms with Crippen LogP contribution in [0.4, 0.5) is 0 Å². The number of oxazole rings is 1. The number of nitrogens with zero attached hydrogens (tertiary/aromatic N) is 1. The molecule has 1 rings (SSSR count). The number of aliphatic hydroxyl groups excluding tert-OH is 1. The second kappa shape index (κ2) is 4.04. The van der Waals surface area contributed by atoms with Crippen LogP contribution in [0.25, 0.3) is 0 Å². The molecule has 5 heteroatoms. The van der Waals surface area contributed by atoms with Crippen molar-refractivity contribution in [3.05, 3.63) is 17.8 Å². The fourth-order valence-electron chi connectivity index (χ4n) is 0.791. The SMILES string of the molecule is Cc1cnc(C(=O)N[C@@H](C)CO)o1. The van der Waals surface area contributed by atoms with Gasteiger partial charge in [-0.15, -0.1) is 0 Å². The highest BCUT2D eigenvalue weighted by molar-refractivity contribution is 5.89. The lowest BCUT2D eigenvalue weighted by Crippen LogP contribution is -2.35. The van der Waals surface area contributed by atoms with E-state index in [1.165, 1.54) is 6.20 Å². The summed E-state index contributed by atoms with van der Waals surface area (Å²) in [7, 11) is 0. The largest absolute Gasteiger partial charge is 0.438 e. The molecule has 0 aliphatic heterocycles. The Bertz CT molecular complexity index is 295. The van der Waals surface area contributed by atoms with Crippen LogP contribution in [0.3, 0.4) is 0 Å². The Balaban J connectivity index is 2.58. The van der Waals surface area contributed by atoms with Crippen molar-refractivity contribution >= 4 is 5.91 Å². The lowest BCUT2D eigenvalue weighted by atomic mass is 10.3. The first-order chi connectivity index (χ1) is 6.13. The van der Waals surface area contributed by atoms with Crippen molar-refractivity contribution in [3.63, 3.8) is 0 Å². The minimum Gasteiger partial charge on any atom is -0.438 e. The predicted octanol–water partition coefficient (Wildman–Crippen LogP) is 0.0936. The molecule has 0 unspecified atom stereocenters. The highest BCUT2D eigenvalue weighted by Crippen LogP contribution is 2.01. The Kier molecular flexibility index (Phi) is 3.02. The van der Waals surface area contributed by atoms with Gasteiger partial charge in [0, 0.05) is 6.04 Å². The van der Waals surface area contributed by atoms with E-state index in [1.807, 2.05) is 0 Å². The maximum atomic E-state index is 11.2. The van der Waals surface area contributed by atoms with E-state index in [1.54, 1.807) is 13.8 Å². The molecular weight excluding hydrogens is 172 g/mol. The predicted molar refractivity (Wildman–Crippen MR) is 45.3 cm³/mol. The summed E-state index contributed by atoms with van der Waals surface area (Å²) in [5.74, 6) is 0.203. The molecule has 72 valence electrons. The molecule has 0 aromatic carbocycles. The van der Waals surface area contributed by atoms with Gasteiger partial charge in [-0.3, -0.25) is 4.79 Å². The van der Waals surface area contributed by atoms with Crippen molar-refractivity contribution in [1.29, 1.82) is 0 Å². The number of amides is 1. The maximum Gasteiger partial charge on any atom is 0.307 e. The van der Waals surface area contributed by atoms with Gasteiger partial charge < -0.3 is 14.8 Å². The lowest BCUT2D eigenvalue weighted by molar-refractivity contribution is 0.0886. The van der Waals surface area contributed by atoms with Crippen molar-refractivity contribution in [1.82, 2.24) is 10.3 Å². The standard InChI is InChI=1S/C8H12N2O3/c1-5(4-11)10-7(12)8-9-3-6(2)13-8/h3,5,11H,4H2,1-2H3,(H,10,12)/t5-/m0/s1. The fourth-order valence-corrected chi connectivity index (χ4v) is 0.791. The minimum atomic E-state index is -0.408. The zero-order valence-corrected chi connectivity index (χ0v) is 7.57. The van der Waals surface area contributed by atoms with Gasteiger partial charge in [-0.2, -0.15) is 0 Å². The lowest BCUT2D eigenvalue weighted by Gasteiger charge is -2.07. The van der Waals surface area contributed by atoms with Gasteiger partial charge in [-0.05, 0) is 13.8 Å². The summed E-state index contributed by atoms with van der Waals surface area (Å²) in [6.45, 7) is 3.29. The van der Waals surface area contributed by atoms with Gasteiger partial charge in [0.2, 0.25) is 0 Å². The summed E-state index contributed by atoms with van der Waals surface area (Å²) in [6.07, 6.45) is 1.47. The average molecular weight is 184 g/mol. The zero-order valence-electron chi connectivity index (χ0n) is 7.57. The van der Waals surface area contributed by atoms with Gasteiger partial charge in [-0.25, -0.2) is 4.98 Å². The maximum absolute atomic E-state index is 11.2. The molecule has 0 spiro atoms. The summed E-state index contributed by atoms with van der Waals surface area (Å²) in [5, 5.41) is 11.2. The molecule has 1 aromatic heterocycles. The third-order valence-electron chi connectivity index (χ3n) is 1.47. The van der Waals surface area contributed by atoms with Crippen LogP contribution in [0.1, 0.15) is 23.4 Å². The first kappa shape index (κ1) is 9.73. The highest BCUT2D eigenvalue weighted by atomic mass is 16.4. The van der Waals surface area contributed by atoms with E-state index >= 15 is 0 Å². The van der Waals surface area contributed by atoms with Crippen LogP contribution in [0.2, 0.25) is 0 Å². The molecule has 0 saturated carbocycles. The smallest absolute Gasteiger partial charge is 0.307 e. The van der Waals surface area contributed by atoms with E-state index in [-0.39, 0.29) is 18.5 Å². The molecule has 2 N–H and O–H groups in total. The van der Waals surface area contributed by atoms with Crippen molar-refractivity contribution in [2.45, 2.75) is 19.9 Å². The van der Waals surface area contributed by atoms with Gasteiger partial charge in [0.1, 0.15) is 5.76 Å². The quantitative estimate of drug-likeness (QED) is 0.698. The number of aryl methyl sites for hydroxylation is 1. The number of rotatable bonds is 3. The summed E-state index contributed by atoms with van der Waals surface area (Å²) < 4.78 is 4.99. The van der Waals surface area contributed by atoms with E-state index in [4.69, 9.17) is 9.52 Å². The Morgan fingerprint density at radius 2 is 2.54 bits per heavy atom. The van der Waals surface area contributed by atoms with Crippen LogP contribution < -0.4 is 5.32 Å². The van der Waals surface area contributed by atoms with E-state index < -0.39 is 5.91 Å². The first-order valence-corrected chi connectivity index (χ1v) is 3.97. The van der Waals surface area contributed by atoms with E-state index in [0.717, 1.165) is 0 Å². The number of hydrogen-bond donors (Lipinski definition) is 2. The molecule has 1 heterocycles. The topological polar surface area (TPSA) is 75.4 Å². The molecule has 0 aliphatic rings. The third kappa shape index (κ3) is 2.55. The molecule has 0 bridgehead atoms. The molecule has 0 fully saturated rings. The van der Waals surface area contributed by atoms with Crippen LogP contribution in [-0.4, -0.2) is 28.6 Å². The summed E-state index contributed by atoms with van der Waals surface area (Å²) in [6, 6.07) is -0.292. The van der Waals surface area contributed by atoms with Crippen LogP contribution >= 0.6 is 0 Å². The summed E-state index contributed by atoms with van der Waals surface area (Å²) in [4.78, 5) is 15.0. The number of carbonyl (C=O) groups excluding carboxylic acids is 1. The number of hydrogen-bond acceptors (Lipinski definition) is 4. The van der Waals surface area contributed by atoms with Gasteiger partial charge in [0.15, 0.2) is 0 Å². The Labute approximate surface area is 75.8 Å². The Hall–Kier alpha value is -1.36. The van der Waals surface area contributed by atoms with E-state index in [9.17, 15) is 4.79 Å². The molecule has 1 aromatic rings. The normalized spacial score (nSPS) is 12.5. The minimum absolute atomic E-state index is 0.0257. The molecule has 0 radical (unpaired) electrons. The molecular formula is C8H12N2O3. The second-order valence-corrected chi connectivity index (χ2v) is 2.83. The Morgan fingerprint density at radius 1 is 1.85 bits per heavy atom. The number of carbonyl (C=O) groups is 1. The molecule has 0 aliphatic carbocycles. The van der Waals surface area contributed by atoms with Gasteiger partial charge in [0.05, 0.1) is 12.8 Å². The fraction of sp³-hybridized carbons (Fsp3) is 0.500. The van der Waals surface area contributed by atoms with E-state index in [2.05, 4.69) is 10.3 Å². The van der Waals surface area contributed by atoms with Crippen molar-refractivity contribution in [2.24, 2.45) is 0 Å². The van der Waals surface area contributed by atoms with Crippen molar-refractivity contribution < 1.29 is 14.3 Å². The molecule has 13 heavy (non-hydrogen) atoms. The van der Waals surface area contributed by atoms with E-state index in [0.29, 0.717) is 5.76 Å². The monoisotopic (exact) mass is 184 g/mol. The van der Waals surface area contributed by atoms with Crippen molar-refractivity contribution in [2.75, 3.05) is 6.61 Å². The second-order valence-electron chi connectivity index (χ2n) is 2.83. The molecule has 1 amide bonds. The summed E-state index contributed by atoms with van der Waals surface area (Å²) >= 11 is 0. The van der Waals surface area contributed by atoms with Gasteiger partial charge in [-0.1, -0.05) is 0 Å². The van der Waals surface area contributed by atoms with Gasteiger partial charge in [0.25, 0.3) is 5.89 Å². The number of aromatic nitrogens is 1. The third-order valence-corrected chi connectivity index (χ3v) is 1.47. The van der Waals surface area contributed by atoms with Gasteiger partial charge >= 0.3 is 5.91 Å². The Morgan fingerprint density at radius 3 is 3.00 bits per heavy atom. The van der Waals surface area contributed by atoms with Crippen LogP contribution in [0.5, 0.6) is 0 Å². The molecule has 5 nitrogen and oxygen atoms in total. The van der Waals surface area contributed by atoms with Crippen LogP contribution in [0.15, 0.2) is 10.6 Å². The average Bonchev–Trinajstić information content (AvgIpc) is 2.51. The summed E-state index contributed by atoms with van der Waals surface area (Å²) in [5.41, 5.74) is 0. The number of aliphatic hydroxyl groups is 1. The van der Waals surface area contributed by atoms with Crippen molar-refractivity contribution in [3.8, 4) is 0 Å². The first-order valence-electron chi connectivity index (χ1n) is 3.97.